The van der Waals surface area contributed by atoms with Crippen molar-refractivity contribution in [1.29, 1.82) is 0 Å². The second-order valence-corrected chi connectivity index (χ2v) is 12.8. The molecule has 1 aromatic heterocycles. The maximum absolute atomic E-state index is 4.88. The number of nitrogens with zero attached hydrogens (tertiary/aromatic N) is 2. The number of aromatic nitrogens is 2. The highest BCUT2D eigenvalue weighted by atomic mass is 15.1. The molecule has 0 spiro atoms. The lowest BCUT2D eigenvalue weighted by molar-refractivity contribution is 0.227. The van der Waals surface area contributed by atoms with E-state index in [1.165, 1.54) is 72.0 Å². The Labute approximate surface area is 250 Å². The Morgan fingerprint density at radius 3 is 2.31 bits per heavy atom. The van der Waals surface area contributed by atoms with Crippen molar-refractivity contribution in [2.45, 2.75) is 64.2 Å². The quantitative estimate of drug-likeness (QED) is 0.297. The first-order chi connectivity index (χ1) is 20.8. The van der Waals surface area contributed by atoms with Gasteiger partial charge < -0.3 is 0 Å². The lowest BCUT2D eigenvalue weighted by Gasteiger charge is -2.48. The van der Waals surface area contributed by atoms with Gasteiger partial charge in [-0.2, -0.15) is 0 Å². The summed E-state index contributed by atoms with van der Waals surface area (Å²) in [6, 6.07) is 16.4. The number of hydrogen-bond donors (Lipinski definition) is 0. The Morgan fingerprint density at radius 2 is 1.50 bits per heavy atom. The van der Waals surface area contributed by atoms with Gasteiger partial charge in [0.15, 0.2) is 0 Å². The molecule has 1 heterocycles. The lowest BCUT2D eigenvalue weighted by Crippen LogP contribution is -2.37. The van der Waals surface area contributed by atoms with E-state index in [2.05, 4.69) is 115 Å². The van der Waals surface area contributed by atoms with Gasteiger partial charge in [0.05, 0.1) is 11.0 Å². The van der Waals surface area contributed by atoms with Crippen LogP contribution in [0.3, 0.4) is 0 Å². The van der Waals surface area contributed by atoms with Crippen LogP contribution >= 0.6 is 0 Å². The molecule has 5 aliphatic carbocycles. The molecule has 4 atom stereocenters. The number of fused-ring (bicyclic) bond motifs is 3. The Kier molecular flexibility index (Phi) is 6.59. The van der Waals surface area contributed by atoms with Crippen LogP contribution in [0.5, 0.6) is 0 Å². The topological polar surface area (TPSA) is 17.8 Å². The van der Waals surface area contributed by atoms with Crippen LogP contribution in [0.2, 0.25) is 0 Å². The molecule has 0 fully saturated rings. The first-order valence-electron chi connectivity index (χ1n) is 16.2. The summed E-state index contributed by atoms with van der Waals surface area (Å²) in [6.45, 7) is 2.12. The second kappa shape index (κ2) is 10.7. The van der Waals surface area contributed by atoms with E-state index < -0.39 is 0 Å². The van der Waals surface area contributed by atoms with Crippen molar-refractivity contribution in [2.24, 2.45) is 17.8 Å². The predicted octanol–water partition coefficient (Wildman–Crippen LogP) is 10.4. The minimum Gasteiger partial charge on any atom is -0.297 e. The van der Waals surface area contributed by atoms with Gasteiger partial charge >= 0.3 is 0 Å². The van der Waals surface area contributed by atoms with E-state index in [1.807, 2.05) is 0 Å². The summed E-state index contributed by atoms with van der Waals surface area (Å²) in [6.07, 6.45) is 33.4. The lowest BCUT2D eigenvalue weighted by atomic mass is 9.56. The summed E-state index contributed by atoms with van der Waals surface area (Å²) in [7, 11) is 0. The zero-order valence-electron chi connectivity index (χ0n) is 24.7. The smallest absolute Gasteiger partial charge is 0.111 e. The molecule has 2 nitrogen and oxygen atoms in total. The summed E-state index contributed by atoms with van der Waals surface area (Å²) in [5.74, 6) is 3.50. The number of aryl methyl sites for hydroxylation is 1. The normalized spacial score (nSPS) is 26.7. The van der Waals surface area contributed by atoms with Crippen LogP contribution in [0.15, 0.2) is 120 Å². The molecule has 0 amide bonds. The van der Waals surface area contributed by atoms with Gasteiger partial charge in [-0.3, -0.25) is 4.57 Å². The van der Waals surface area contributed by atoms with Crippen molar-refractivity contribution in [3.05, 3.63) is 131 Å². The van der Waals surface area contributed by atoms with Crippen LogP contribution in [0.1, 0.15) is 68.7 Å². The van der Waals surface area contributed by atoms with Gasteiger partial charge in [0.1, 0.15) is 5.82 Å². The fourth-order valence-corrected chi connectivity index (χ4v) is 8.54. The van der Waals surface area contributed by atoms with Crippen molar-refractivity contribution >= 4 is 16.7 Å². The van der Waals surface area contributed by atoms with E-state index >= 15 is 0 Å². The molecule has 4 unspecified atom stereocenters. The van der Waals surface area contributed by atoms with Crippen LogP contribution in [-0.2, 0) is 0 Å². The molecule has 3 aromatic rings. The van der Waals surface area contributed by atoms with E-state index in [9.17, 15) is 0 Å². The van der Waals surface area contributed by atoms with Crippen LogP contribution in [-0.4, -0.2) is 9.55 Å². The molecule has 42 heavy (non-hydrogen) atoms. The summed E-state index contributed by atoms with van der Waals surface area (Å²) < 4.78 is 2.32. The van der Waals surface area contributed by atoms with Crippen molar-refractivity contribution in [3.63, 3.8) is 0 Å². The van der Waals surface area contributed by atoms with E-state index in [0.717, 1.165) is 24.2 Å². The zero-order valence-corrected chi connectivity index (χ0v) is 24.7. The van der Waals surface area contributed by atoms with Gasteiger partial charge in [0.25, 0.3) is 0 Å². The number of imidazole rings is 1. The van der Waals surface area contributed by atoms with Crippen LogP contribution in [0.4, 0.5) is 0 Å². The van der Waals surface area contributed by atoms with E-state index in [4.69, 9.17) is 4.98 Å². The molecular weight excluding hydrogens is 508 g/mol. The predicted molar refractivity (Wildman–Crippen MR) is 176 cm³/mol. The SMILES string of the molecule is Cc1nc2ccc(-c3ccc(C4C5CCC=CC5=C(C5=CCCC=C5)C5CC=CCC54)cc3)cc2n1C1=CCCC=C1. The highest BCUT2D eigenvalue weighted by molar-refractivity contribution is 5.86. The highest BCUT2D eigenvalue weighted by Crippen LogP contribution is 2.56. The third-order valence-electron chi connectivity index (χ3n) is 10.4. The van der Waals surface area contributed by atoms with Crippen LogP contribution in [0, 0.1) is 24.7 Å². The molecule has 5 aliphatic rings. The molecule has 0 aliphatic heterocycles. The molecular formula is C40H40N2. The fourth-order valence-electron chi connectivity index (χ4n) is 8.54. The van der Waals surface area contributed by atoms with Gasteiger partial charge in [-0.05, 0) is 134 Å². The highest BCUT2D eigenvalue weighted by Gasteiger charge is 2.44. The van der Waals surface area contributed by atoms with Crippen molar-refractivity contribution in [3.8, 4) is 11.1 Å². The second-order valence-electron chi connectivity index (χ2n) is 12.8. The third-order valence-corrected chi connectivity index (χ3v) is 10.4. The number of allylic oxidation sites excluding steroid dienone is 14. The third kappa shape index (κ3) is 4.35. The fraction of sp³-hybridized carbons (Fsp3) is 0.325. The molecule has 0 bridgehead atoms. The molecule has 2 heteroatoms. The van der Waals surface area contributed by atoms with Crippen molar-refractivity contribution < 1.29 is 0 Å². The standard InChI is InChI=1S/C40H40N2/c1-27-41-37-25-24-31(26-38(37)42(27)32-14-6-3-7-15-32)28-20-22-30(23-21-28)40-35-18-10-8-16-33(35)39(29-12-4-2-5-13-29)34-17-9-11-19-36(34)40/h4,6,8-10,12-15,17,20-26,33,35-36,40H,2-3,5,7,11,16,18-19H2,1H3. The Hall–Kier alpha value is -3.91. The minimum absolute atomic E-state index is 0.572. The van der Waals surface area contributed by atoms with E-state index in [0.29, 0.717) is 23.7 Å². The Balaban J connectivity index is 1.17. The van der Waals surface area contributed by atoms with E-state index in [-0.39, 0.29) is 0 Å². The Bertz CT molecular complexity index is 1750. The molecule has 8 rings (SSSR count). The van der Waals surface area contributed by atoms with Gasteiger partial charge in [-0.1, -0.05) is 85.0 Å². The van der Waals surface area contributed by atoms with Gasteiger partial charge in [-0.25, -0.2) is 4.98 Å². The van der Waals surface area contributed by atoms with Gasteiger partial charge in [0.2, 0.25) is 0 Å². The van der Waals surface area contributed by atoms with Crippen LogP contribution < -0.4 is 0 Å². The minimum atomic E-state index is 0.572. The van der Waals surface area contributed by atoms with E-state index in [1.54, 1.807) is 11.1 Å². The largest absolute Gasteiger partial charge is 0.297 e. The van der Waals surface area contributed by atoms with Gasteiger partial charge in [0, 0.05) is 5.70 Å². The Morgan fingerprint density at radius 1 is 0.714 bits per heavy atom. The molecule has 0 saturated carbocycles. The first-order valence-corrected chi connectivity index (χ1v) is 16.2. The van der Waals surface area contributed by atoms with Gasteiger partial charge in [-0.15, -0.1) is 0 Å². The number of rotatable bonds is 4. The average molecular weight is 549 g/mol. The first kappa shape index (κ1) is 25.8. The maximum Gasteiger partial charge on any atom is 0.111 e. The summed E-state index contributed by atoms with van der Waals surface area (Å²) in [4.78, 5) is 4.88. The van der Waals surface area contributed by atoms with Crippen LogP contribution in [0.25, 0.3) is 27.9 Å². The molecule has 0 saturated heterocycles. The number of hydrogen-bond acceptors (Lipinski definition) is 1. The molecule has 2 aromatic carbocycles. The van der Waals surface area contributed by atoms with Crippen molar-refractivity contribution in [1.82, 2.24) is 9.55 Å². The monoisotopic (exact) mass is 548 g/mol. The molecule has 0 radical (unpaired) electrons. The van der Waals surface area contributed by atoms with Crippen molar-refractivity contribution in [2.75, 3.05) is 0 Å². The molecule has 0 N–H and O–H groups in total. The summed E-state index contributed by atoms with van der Waals surface area (Å²) >= 11 is 0. The molecule has 210 valence electrons. The number of benzene rings is 2. The summed E-state index contributed by atoms with van der Waals surface area (Å²) in [5, 5.41) is 0. The maximum atomic E-state index is 4.88. The average Bonchev–Trinajstić information content (AvgIpc) is 3.39. The summed E-state index contributed by atoms with van der Waals surface area (Å²) in [5.41, 5.74) is 12.4. The zero-order chi connectivity index (χ0) is 28.0.